The highest BCUT2D eigenvalue weighted by Gasteiger charge is 2.24. The fraction of sp³-hybridized carbons (Fsp3) is 0.385. The molecule has 2 rings (SSSR count). The lowest BCUT2D eigenvalue weighted by Gasteiger charge is -2.19. The molecule has 0 aliphatic carbocycles. The van der Waals surface area contributed by atoms with Crippen LogP contribution in [0, 0.1) is 0 Å². The molecule has 114 valence electrons. The summed E-state index contributed by atoms with van der Waals surface area (Å²) in [4.78, 5) is 8.65. The highest BCUT2D eigenvalue weighted by molar-refractivity contribution is 7.20. The van der Waals surface area contributed by atoms with Crippen molar-refractivity contribution in [1.29, 1.82) is 0 Å². The van der Waals surface area contributed by atoms with E-state index in [1.165, 1.54) is 25.6 Å². The summed E-state index contributed by atoms with van der Waals surface area (Å²) in [6.07, 6.45) is 1.55. The van der Waals surface area contributed by atoms with Gasteiger partial charge in [-0.05, 0) is 12.6 Å². The molecular formula is C13H15Cl2N3O2S. The summed E-state index contributed by atoms with van der Waals surface area (Å²) in [5, 5.41) is 3.32. The number of methoxy groups -OCH3 is 2. The van der Waals surface area contributed by atoms with Gasteiger partial charge in [-0.3, -0.25) is 0 Å². The SMILES string of the molecule is CCNC(c1cc(Cl)sc1Cl)c1ncc(OC)nc1OC. The van der Waals surface area contributed by atoms with Crippen LogP contribution in [-0.2, 0) is 0 Å². The van der Waals surface area contributed by atoms with Gasteiger partial charge in [0, 0.05) is 5.56 Å². The first kappa shape index (κ1) is 16.3. The largest absolute Gasteiger partial charge is 0.480 e. The Bertz CT molecular complexity index is 621. The number of rotatable bonds is 6. The molecule has 0 spiro atoms. The Balaban J connectivity index is 2.50. The fourth-order valence-corrected chi connectivity index (χ4v) is 3.45. The summed E-state index contributed by atoms with van der Waals surface area (Å²) in [5.74, 6) is 0.777. The number of thiophene rings is 1. The number of halogens is 2. The second-order valence-electron chi connectivity index (χ2n) is 4.08. The molecule has 0 bridgehead atoms. The molecule has 0 aliphatic rings. The third kappa shape index (κ3) is 3.58. The molecule has 8 heteroatoms. The lowest BCUT2D eigenvalue weighted by molar-refractivity contribution is 0.352. The summed E-state index contributed by atoms with van der Waals surface area (Å²) in [7, 11) is 3.07. The maximum atomic E-state index is 6.26. The first-order valence-electron chi connectivity index (χ1n) is 6.23. The van der Waals surface area contributed by atoms with Crippen molar-refractivity contribution < 1.29 is 9.47 Å². The predicted octanol–water partition coefficient (Wildman–Crippen LogP) is 3.56. The summed E-state index contributed by atoms with van der Waals surface area (Å²) in [6.45, 7) is 2.73. The quantitative estimate of drug-likeness (QED) is 0.865. The van der Waals surface area contributed by atoms with Gasteiger partial charge in [0.1, 0.15) is 5.69 Å². The standard InChI is InChI=1S/C13H15Cl2N3O2S/c1-4-16-10(7-5-8(14)21-12(7)15)11-13(20-3)18-9(19-2)6-17-11/h5-6,10,16H,4H2,1-3H3. The maximum absolute atomic E-state index is 6.26. The van der Waals surface area contributed by atoms with Gasteiger partial charge >= 0.3 is 0 Å². The van der Waals surface area contributed by atoms with Gasteiger partial charge < -0.3 is 14.8 Å². The van der Waals surface area contributed by atoms with Crippen molar-refractivity contribution in [2.24, 2.45) is 0 Å². The van der Waals surface area contributed by atoms with Crippen LogP contribution in [0.1, 0.15) is 24.2 Å². The van der Waals surface area contributed by atoms with Gasteiger partial charge in [0.25, 0.3) is 0 Å². The van der Waals surface area contributed by atoms with Crippen LogP contribution in [0.5, 0.6) is 11.8 Å². The minimum atomic E-state index is -0.250. The molecule has 0 amide bonds. The molecule has 2 aromatic heterocycles. The lowest BCUT2D eigenvalue weighted by atomic mass is 10.1. The van der Waals surface area contributed by atoms with Gasteiger partial charge in [-0.1, -0.05) is 30.1 Å². The van der Waals surface area contributed by atoms with Crippen molar-refractivity contribution in [2.75, 3.05) is 20.8 Å². The van der Waals surface area contributed by atoms with Gasteiger partial charge in [-0.25, -0.2) is 4.98 Å². The van der Waals surface area contributed by atoms with E-state index in [-0.39, 0.29) is 6.04 Å². The van der Waals surface area contributed by atoms with E-state index in [1.807, 2.05) is 13.0 Å². The summed E-state index contributed by atoms with van der Waals surface area (Å²) in [5.41, 5.74) is 1.49. The van der Waals surface area contributed by atoms with Crippen molar-refractivity contribution in [3.63, 3.8) is 0 Å². The Morgan fingerprint density at radius 1 is 1.33 bits per heavy atom. The van der Waals surface area contributed by atoms with Gasteiger partial charge in [0.2, 0.25) is 11.8 Å². The number of ether oxygens (including phenoxy) is 2. The molecule has 0 radical (unpaired) electrons. The first-order chi connectivity index (χ1) is 10.1. The molecule has 1 unspecified atom stereocenters. The Kier molecular flexibility index (Phi) is 5.64. The minimum Gasteiger partial charge on any atom is -0.480 e. The molecule has 2 heterocycles. The van der Waals surface area contributed by atoms with Crippen LogP contribution < -0.4 is 14.8 Å². The number of nitrogens with zero attached hydrogens (tertiary/aromatic N) is 2. The van der Waals surface area contributed by atoms with E-state index in [0.717, 1.165) is 12.1 Å². The van der Waals surface area contributed by atoms with E-state index in [2.05, 4.69) is 15.3 Å². The molecule has 1 N–H and O–H groups in total. The molecular weight excluding hydrogens is 333 g/mol. The molecule has 0 saturated carbocycles. The van der Waals surface area contributed by atoms with Gasteiger partial charge in [0.05, 0.1) is 35.1 Å². The van der Waals surface area contributed by atoms with Crippen LogP contribution in [0.2, 0.25) is 8.67 Å². The topological polar surface area (TPSA) is 56.3 Å². The lowest BCUT2D eigenvalue weighted by Crippen LogP contribution is -2.23. The Morgan fingerprint density at radius 2 is 2.10 bits per heavy atom. The Morgan fingerprint density at radius 3 is 2.62 bits per heavy atom. The second kappa shape index (κ2) is 7.26. The Labute approximate surface area is 137 Å². The summed E-state index contributed by atoms with van der Waals surface area (Å²) in [6, 6.07) is 1.58. The van der Waals surface area contributed by atoms with Gasteiger partial charge in [0.15, 0.2) is 0 Å². The fourth-order valence-electron chi connectivity index (χ4n) is 1.92. The van der Waals surface area contributed by atoms with Crippen LogP contribution >= 0.6 is 34.5 Å². The summed E-state index contributed by atoms with van der Waals surface area (Å²) >= 11 is 13.6. The minimum absolute atomic E-state index is 0.250. The highest BCUT2D eigenvalue weighted by Crippen LogP contribution is 2.38. The van der Waals surface area contributed by atoms with Gasteiger partial charge in [-0.15, -0.1) is 11.3 Å². The van der Waals surface area contributed by atoms with Crippen LogP contribution in [0.4, 0.5) is 0 Å². The Hall–Kier alpha value is -1.08. The van der Waals surface area contributed by atoms with Crippen molar-refractivity contribution in [1.82, 2.24) is 15.3 Å². The van der Waals surface area contributed by atoms with Crippen molar-refractivity contribution in [3.05, 3.63) is 32.2 Å². The molecule has 2 aromatic rings. The van der Waals surface area contributed by atoms with E-state index in [0.29, 0.717) is 26.1 Å². The van der Waals surface area contributed by atoms with Crippen molar-refractivity contribution in [2.45, 2.75) is 13.0 Å². The molecule has 0 aromatic carbocycles. The van der Waals surface area contributed by atoms with Crippen LogP contribution in [0.25, 0.3) is 0 Å². The van der Waals surface area contributed by atoms with E-state index in [9.17, 15) is 0 Å². The van der Waals surface area contributed by atoms with Gasteiger partial charge in [-0.2, -0.15) is 4.98 Å². The third-order valence-electron chi connectivity index (χ3n) is 2.82. The molecule has 0 saturated heterocycles. The smallest absolute Gasteiger partial charge is 0.240 e. The third-order valence-corrected chi connectivity index (χ3v) is 4.34. The molecule has 21 heavy (non-hydrogen) atoms. The predicted molar refractivity (Wildman–Crippen MR) is 85.0 cm³/mol. The zero-order chi connectivity index (χ0) is 15.4. The maximum Gasteiger partial charge on any atom is 0.240 e. The van der Waals surface area contributed by atoms with E-state index >= 15 is 0 Å². The van der Waals surface area contributed by atoms with Crippen LogP contribution in [0.3, 0.4) is 0 Å². The van der Waals surface area contributed by atoms with E-state index < -0.39 is 0 Å². The number of nitrogens with one attached hydrogen (secondary N) is 1. The average molecular weight is 348 g/mol. The zero-order valence-corrected chi connectivity index (χ0v) is 14.1. The highest BCUT2D eigenvalue weighted by atomic mass is 35.5. The molecule has 1 atom stereocenters. The second-order valence-corrected chi connectivity index (χ2v) is 6.36. The number of aromatic nitrogens is 2. The summed E-state index contributed by atoms with van der Waals surface area (Å²) < 4.78 is 11.6. The average Bonchev–Trinajstić information content (AvgIpc) is 2.82. The monoisotopic (exact) mass is 347 g/mol. The van der Waals surface area contributed by atoms with Crippen molar-refractivity contribution >= 4 is 34.5 Å². The molecule has 0 fully saturated rings. The van der Waals surface area contributed by atoms with E-state index in [1.54, 1.807) is 6.20 Å². The van der Waals surface area contributed by atoms with E-state index in [4.69, 9.17) is 32.7 Å². The number of hydrogen-bond acceptors (Lipinski definition) is 6. The van der Waals surface area contributed by atoms with Crippen LogP contribution in [0.15, 0.2) is 12.3 Å². The van der Waals surface area contributed by atoms with Crippen LogP contribution in [-0.4, -0.2) is 30.7 Å². The normalized spacial score (nSPS) is 12.2. The molecule has 5 nitrogen and oxygen atoms in total. The zero-order valence-electron chi connectivity index (χ0n) is 11.8. The number of hydrogen-bond donors (Lipinski definition) is 1. The van der Waals surface area contributed by atoms with Crippen molar-refractivity contribution in [3.8, 4) is 11.8 Å². The first-order valence-corrected chi connectivity index (χ1v) is 7.81. The molecule has 0 aliphatic heterocycles.